The highest BCUT2D eigenvalue weighted by Gasteiger charge is 2.12. The standard InChI is InChI=1S/C17H20N4S/c1-13(2)15-6-4-5-7-16(15)21-9-8-18-17(21)22-12-14-10-19-20(3)11-14/h4-11,13H,12H2,1-3H3. The molecule has 114 valence electrons. The Morgan fingerprint density at radius 2 is 2.05 bits per heavy atom. The molecule has 0 radical (unpaired) electrons. The van der Waals surface area contributed by atoms with Gasteiger partial charge >= 0.3 is 0 Å². The second kappa shape index (κ2) is 6.40. The number of hydrogen-bond acceptors (Lipinski definition) is 3. The first-order chi connectivity index (χ1) is 10.6. The Labute approximate surface area is 135 Å². The van der Waals surface area contributed by atoms with Crippen LogP contribution in [0.3, 0.4) is 0 Å². The largest absolute Gasteiger partial charge is 0.295 e. The molecular weight excluding hydrogens is 292 g/mol. The van der Waals surface area contributed by atoms with E-state index in [0.717, 1.165) is 10.9 Å². The number of rotatable bonds is 5. The third-order valence-corrected chi connectivity index (χ3v) is 4.59. The Hall–Kier alpha value is -2.01. The Kier molecular flexibility index (Phi) is 4.34. The summed E-state index contributed by atoms with van der Waals surface area (Å²) in [5, 5.41) is 5.22. The van der Waals surface area contributed by atoms with Crippen LogP contribution in [0.15, 0.2) is 54.2 Å². The summed E-state index contributed by atoms with van der Waals surface area (Å²) < 4.78 is 4.01. The molecule has 0 atom stereocenters. The third-order valence-electron chi connectivity index (χ3n) is 3.55. The van der Waals surface area contributed by atoms with Crippen LogP contribution < -0.4 is 0 Å². The molecule has 0 bridgehead atoms. The molecule has 0 N–H and O–H groups in total. The van der Waals surface area contributed by atoms with Gasteiger partial charge in [-0.3, -0.25) is 9.25 Å². The lowest BCUT2D eigenvalue weighted by atomic mass is 10.0. The van der Waals surface area contributed by atoms with Gasteiger partial charge in [-0.25, -0.2) is 4.98 Å². The summed E-state index contributed by atoms with van der Waals surface area (Å²) in [5.41, 5.74) is 3.76. The van der Waals surface area contributed by atoms with Gasteiger partial charge in [0.2, 0.25) is 0 Å². The van der Waals surface area contributed by atoms with Crippen LogP contribution in [0.4, 0.5) is 0 Å². The molecule has 22 heavy (non-hydrogen) atoms. The zero-order valence-corrected chi connectivity index (χ0v) is 13.9. The maximum Gasteiger partial charge on any atom is 0.172 e. The van der Waals surface area contributed by atoms with E-state index in [0.29, 0.717) is 5.92 Å². The lowest BCUT2D eigenvalue weighted by molar-refractivity contribution is 0.767. The van der Waals surface area contributed by atoms with Crippen molar-refractivity contribution in [3.8, 4) is 5.69 Å². The van der Waals surface area contributed by atoms with Gasteiger partial charge in [0.25, 0.3) is 0 Å². The van der Waals surface area contributed by atoms with E-state index in [-0.39, 0.29) is 0 Å². The van der Waals surface area contributed by atoms with E-state index >= 15 is 0 Å². The molecule has 2 heterocycles. The number of aryl methyl sites for hydroxylation is 1. The third kappa shape index (κ3) is 3.09. The zero-order valence-electron chi connectivity index (χ0n) is 13.1. The quantitative estimate of drug-likeness (QED) is 0.668. The average molecular weight is 312 g/mol. The number of nitrogens with zero attached hydrogens (tertiary/aromatic N) is 4. The summed E-state index contributed by atoms with van der Waals surface area (Å²) in [6.45, 7) is 4.44. The van der Waals surface area contributed by atoms with Crippen molar-refractivity contribution >= 4 is 11.8 Å². The molecule has 0 saturated heterocycles. The maximum atomic E-state index is 4.51. The molecule has 0 aliphatic rings. The van der Waals surface area contributed by atoms with Crippen LogP contribution in [-0.4, -0.2) is 19.3 Å². The van der Waals surface area contributed by atoms with Crippen molar-refractivity contribution in [2.75, 3.05) is 0 Å². The van der Waals surface area contributed by atoms with E-state index in [1.54, 1.807) is 11.8 Å². The molecule has 3 aromatic rings. The first kappa shape index (κ1) is 14.9. The summed E-state index contributed by atoms with van der Waals surface area (Å²) in [5.74, 6) is 1.35. The van der Waals surface area contributed by atoms with E-state index in [2.05, 4.69) is 52.8 Å². The molecular formula is C17H20N4S. The van der Waals surface area contributed by atoms with Gasteiger partial charge in [0.05, 0.1) is 11.9 Å². The fourth-order valence-corrected chi connectivity index (χ4v) is 3.35. The maximum absolute atomic E-state index is 4.51. The smallest absolute Gasteiger partial charge is 0.172 e. The summed E-state index contributed by atoms with van der Waals surface area (Å²) in [6, 6.07) is 8.52. The normalized spacial score (nSPS) is 11.3. The molecule has 0 saturated carbocycles. The topological polar surface area (TPSA) is 35.6 Å². The van der Waals surface area contributed by atoms with Crippen LogP contribution in [-0.2, 0) is 12.8 Å². The molecule has 5 heteroatoms. The summed E-state index contributed by atoms with van der Waals surface area (Å²) in [4.78, 5) is 4.51. The van der Waals surface area contributed by atoms with Gasteiger partial charge in [-0.2, -0.15) is 5.10 Å². The number of imidazole rings is 1. The zero-order chi connectivity index (χ0) is 15.5. The molecule has 3 rings (SSSR count). The van der Waals surface area contributed by atoms with Gasteiger partial charge in [-0.1, -0.05) is 43.8 Å². The van der Waals surface area contributed by atoms with Crippen LogP contribution in [0.5, 0.6) is 0 Å². The minimum Gasteiger partial charge on any atom is -0.295 e. The second-order valence-corrected chi connectivity index (χ2v) is 6.55. The molecule has 4 nitrogen and oxygen atoms in total. The van der Waals surface area contributed by atoms with Gasteiger partial charge in [-0.15, -0.1) is 0 Å². The van der Waals surface area contributed by atoms with E-state index in [4.69, 9.17) is 0 Å². The van der Waals surface area contributed by atoms with Gasteiger partial charge < -0.3 is 0 Å². The van der Waals surface area contributed by atoms with Crippen molar-refractivity contribution in [1.82, 2.24) is 19.3 Å². The lowest BCUT2D eigenvalue weighted by Gasteiger charge is -2.15. The molecule has 0 aliphatic carbocycles. The fraction of sp³-hybridized carbons (Fsp3) is 0.294. The predicted molar refractivity (Wildman–Crippen MR) is 90.4 cm³/mol. The predicted octanol–water partition coefficient (Wildman–Crippen LogP) is 4.02. The highest BCUT2D eigenvalue weighted by molar-refractivity contribution is 7.98. The van der Waals surface area contributed by atoms with Crippen molar-refractivity contribution in [2.45, 2.75) is 30.7 Å². The van der Waals surface area contributed by atoms with Crippen molar-refractivity contribution in [2.24, 2.45) is 7.05 Å². The second-order valence-electron chi connectivity index (χ2n) is 5.60. The molecule has 1 aromatic carbocycles. The van der Waals surface area contributed by atoms with Gasteiger partial charge in [0.1, 0.15) is 0 Å². The number of hydrogen-bond donors (Lipinski definition) is 0. The first-order valence-electron chi connectivity index (χ1n) is 7.38. The van der Waals surface area contributed by atoms with Crippen LogP contribution in [0.1, 0.15) is 30.9 Å². The monoisotopic (exact) mass is 312 g/mol. The Morgan fingerprint density at radius 1 is 1.23 bits per heavy atom. The van der Waals surface area contributed by atoms with Crippen molar-refractivity contribution < 1.29 is 0 Å². The molecule has 0 unspecified atom stereocenters. The van der Waals surface area contributed by atoms with Crippen molar-refractivity contribution in [3.05, 3.63) is 60.2 Å². The SMILES string of the molecule is CC(C)c1ccccc1-n1ccnc1SCc1cnn(C)c1. The summed E-state index contributed by atoms with van der Waals surface area (Å²) in [7, 11) is 1.94. The van der Waals surface area contributed by atoms with Crippen LogP contribution in [0.25, 0.3) is 5.69 Å². The highest BCUT2D eigenvalue weighted by atomic mass is 32.2. The minimum atomic E-state index is 0.481. The highest BCUT2D eigenvalue weighted by Crippen LogP contribution is 2.28. The Bertz CT molecular complexity index is 757. The van der Waals surface area contributed by atoms with Gasteiger partial charge in [0, 0.05) is 37.0 Å². The summed E-state index contributed by atoms with van der Waals surface area (Å²) in [6.07, 6.45) is 7.85. The van der Waals surface area contributed by atoms with E-state index in [9.17, 15) is 0 Å². The van der Waals surface area contributed by atoms with E-state index < -0.39 is 0 Å². The van der Waals surface area contributed by atoms with Gasteiger partial charge in [-0.05, 0) is 17.5 Å². The van der Waals surface area contributed by atoms with Crippen molar-refractivity contribution in [3.63, 3.8) is 0 Å². The number of thioether (sulfide) groups is 1. The Balaban J connectivity index is 1.86. The van der Waals surface area contributed by atoms with Crippen LogP contribution in [0, 0.1) is 0 Å². The number of para-hydroxylation sites is 1. The Morgan fingerprint density at radius 3 is 2.77 bits per heavy atom. The molecule has 0 spiro atoms. The molecule has 2 aromatic heterocycles. The first-order valence-corrected chi connectivity index (χ1v) is 8.36. The molecule has 0 amide bonds. The number of benzene rings is 1. The van der Waals surface area contributed by atoms with Gasteiger partial charge in [0.15, 0.2) is 5.16 Å². The lowest BCUT2D eigenvalue weighted by Crippen LogP contribution is -2.01. The van der Waals surface area contributed by atoms with Crippen LogP contribution in [0.2, 0.25) is 0 Å². The fourth-order valence-electron chi connectivity index (χ4n) is 2.47. The van der Waals surface area contributed by atoms with E-state index in [1.165, 1.54) is 16.8 Å². The average Bonchev–Trinajstić information content (AvgIpc) is 3.13. The van der Waals surface area contributed by atoms with Crippen LogP contribution >= 0.6 is 11.8 Å². The minimum absolute atomic E-state index is 0.481. The van der Waals surface area contributed by atoms with E-state index in [1.807, 2.05) is 36.5 Å². The van der Waals surface area contributed by atoms with Crippen molar-refractivity contribution in [1.29, 1.82) is 0 Å². The number of aromatic nitrogens is 4. The molecule has 0 fully saturated rings. The molecule has 0 aliphatic heterocycles. The summed E-state index contributed by atoms with van der Waals surface area (Å²) >= 11 is 1.73.